The fourth-order valence-electron chi connectivity index (χ4n) is 4.29. The van der Waals surface area contributed by atoms with Crippen molar-refractivity contribution in [2.45, 2.75) is 13.8 Å². The minimum Gasteiger partial charge on any atom is -0.318 e. The molecule has 0 saturated carbocycles. The van der Waals surface area contributed by atoms with Crippen LogP contribution in [0.4, 0.5) is 0 Å². The van der Waals surface area contributed by atoms with Crippen molar-refractivity contribution in [2.24, 2.45) is 5.16 Å². The molecule has 0 N–H and O–H groups in total. The molecular formula is C30H22N2O4. The van der Waals surface area contributed by atoms with E-state index in [1.807, 2.05) is 78.9 Å². The number of Topliss-reactive ketones (excluding diaryl/α,β-unsaturated/α-hetero) is 1. The molecule has 0 fully saturated rings. The monoisotopic (exact) mass is 474 g/mol. The van der Waals surface area contributed by atoms with Crippen molar-refractivity contribution in [1.29, 1.82) is 0 Å². The van der Waals surface area contributed by atoms with Gasteiger partial charge in [0.1, 0.15) is 5.71 Å². The van der Waals surface area contributed by atoms with Crippen LogP contribution < -0.4 is 0 Å². The van der Waals surface area contributed by atoms with Gasteiger partial charge in [-0.05, 0) is 55.5 Å². The van der Waals surface area contributed by atoms with Gasteiger partial charge in [-0.3, -0.25) is 9.59 Å². The van der Waals surface area contributed by atoms with Crippen LogP contribution >= 0.6 is 0 Å². The Kier molecular flexibility index (Phi) is 6.00. The minimum atomic E-state index is -0.586. The van der Waals surface area contributed by atoms with E-state index in [2.05, 4.69) is 14.6 Å². The van der Waals surface area contributed by atoms with E-state index < -0.39 is 5.97 Å². The van der Waals surface area contributed by atoms with Gasteiger partial charge in [0.2, 0.25) is 5.78 Å². The third kappa shape index (κ3) is 4.20. The smallest absolute Gasteiger partial charge is 0.318 e. The van der Waals surface area contributed by atoms with Crippen LogP contribution in [-0.4, -0.2) is 27.8 Å². The van der Waals surface area contributed by atoms with Crippen LogP contribution in [0, 0.1) is 0 Å². The second-order valence-corrected chi connectivity index (χ2v) is 8.42. The molecule has 5 rings (SSSR count). The number of nitrogens with zero attached hydrogens (tertiary/aromatic N) is 2. The average molecular weight is 475 g/mol. The van der Waals surface area contributed by atoms with E-state index in [-0.39, 0.29) is 17.3 Å². The summed E-state index contributed by atoms with van der Waals surface area (Å²) in [5, 5.41) is 5.52. The topological polar surface area (TPSA) is 77.7 Å². The Morgan fingerprint density at radius 3 is 2.00 bits per heavy atom. The largest absolute Gasteiger partial charge is 0.331 e. The van der Waals surface area contributed by atoms with Gasteiger partial charge in [0, 0.05) is 40.1 Å². The molecule has 36 heavy (non-hydrogen) atoms. The first-order valence-corrected chi connectivity index (χ1v) is 11.4. The van der Waals surface area contributed by atoms with Gasteiger partial charge in [0.25, 0.3) is 0 Å². The normalized spacial score (nSPS) is 11.6. The fourth-order valence-corrected chi connectivity index (χ4v) is 4.29. The molecule has 0 aliphatic carbocycles. The Morgan fingerprint density at radius 2 is 1.28 bits per heavy atom. The molecule has 0 unspecified atom stereocenters. The molecule has 0 spiro atoms. The zero-order chi connectivity index (χ0) is 25.2. The van der Waals surface area contributed by atoms with E-state index in [1.54, 1.807) is 18.2 Å². The van der Waals surface area contributed by atoms with E-state index in [4.69, 9.17) is 0 Å². The molecule has 5 aromatic rings. The zero-order valence-electron chi connectivity index (χ0n) is 19.8. The lowest BCUT2D eigenvalue weighted by Crippen LogP contribution is -2.11. The van der Waals surface area contributed by atoms with Crippen molar-refractivity contribution in [3.8, 4) is 5.69 Å². The predicted molar refractivity (Wildman–Crippen MR) is 140 cm³/mol. The summed E-state index contributed by atoms with van der Waals surface area (Å²) in [6.45, 7) is 2.74. The number of hydrogen-bond donors (Lipinski definition) is 0. The molecule has 0 amide bonds. The second kappa shape index (κ2) is 9.43. The second-order valence-electron chi connectivity index (χ2n) is 8.42. The standard InChI is InChI=1S/C30H22N2O4/c1-19(31-36-20(2)33)29(34)23-14-17-28-26(18-23)25-10-6-7-11-27(25)32(28)24-15-12-22(13-16-24)30(35)21-8-4-3-5-9-21/h3-18H,1-2H3. The summed E-state index contributed by atoms with van der Waals surface area (Å²) in [6, 6.07) is 30.1. The number of aromatic nitrogens is 1. The minimum absolute atomic E-state index is 0.0293. The lowest BCUT2D eigenvalue weighted by molar-refractivity contribution is -0.140. The summed E-state index contributed by atoms with van der Waals surface area (Å²) < 4.78 is 2.11. The maximum Gasteiger partial charge on any atom is 0.331 e. The van der Waals surface area contributed by atoms with Gasteiger partial charge in [0.05, 0.1) is 11.0 Å². The highest BCUT2D eigenvalue weighted by Crippen LogP contribution is 2.33. The molecule has 0 radical (unpaired) electrons. The summed E-state index contributed by atoms with van der Waals surface area (Å²) in [6.07, 6.45) is 0. The Hall–Kier alpha value is -4.84. The zero-order valence-corrected chi connectivity index (χ0v) is 19.8. The number of ketones is 2. The third-order valence-electron chi connectivity index (χ3n) is 6.00. The van der Waals surface area contributed by atoms with Crippen LogP contribution in [0.1, 0.15) is 40.1 Å². The van der Waals surface area contributed by atoms with Gasteiger partial charge < -0.3 is 9.40 Å². The van der Waals surface area contributed by atoms with E-state index in [0.717, 1.165) is 27.5 Å². The fraction of sp³-hybridized carbons (Fsp3) is 0.0667. The molecule has 0 bridgehead atoms. The molecule has 4 aromatic carbocycles. The van der Waals surface area contributed by atoms with Gasteiger partial charge in [-0.2, -0.15) is 0 Å². The summed E-state index contributed by atoms with van der Waals surface area (Å²) in [5.74, 6) is -0.936. The first-order valence-electron chi connectivity index (χ1n) is 11.4. The van der Waals surface area contributed by atoms with Gasteiger partial charge in [-0.1, -0.05) is 53.7 Å². The Morgan fingerprint density at radius 1 is 0.667 bits per heavy atom. The molecular weight excluding hydrogens is 452 g/mol. The number of fused-ring (bicyclic) bond motifs is 3. The van der Waals surface area contributed by atoms with Crippen LogP contribution in [0.5, 0.6) is 0 Å². The number of benzene rings is 4. The molecule has 6 nitrogen and oxygen atoms in total. The molecule has 0 atom stereocenters. The molecule has 1 heterocycles. The average Bonchev–Trinajstić information content (AvgIpc) is 3.25. The van der Waals surface area contributed by atoms with E-state index in [1.165, 1.54) is 13.8 Å². The van der Waals surface area contributed by atoms with Crippen molar-refractivity contribution in [1.82, 2.24) is 4.57 Å². The molecule has 0 aliphatic heterocycles. The summed E-state index contributed by atoms with van der Waals surface area (Å²) >= 11 is 0. The Labute approximate surface area is 207 Å². The quantitative estimate of drug-likeness (QED) is 0.128. The van der Waals surface area contributed by atoms with Crippen molar-refractivity contribution >= 4 is 45.1 Å². The van der Waals surface area contributed by atoms with Crippen molar-refractivity contribution in [2.75, 3.05) is 0 Å². The van der Waals surface area contributed by atoms with Crippen molar-refractivity contribution in [3.05, 3.63) is 114 Å². The SMILES string of the molecule is CC(=O)ON=C(C)C(=O)c1ccc2c(c1)c1ccccc1n2-c1ccc(C(=O)c2ccccc2)cc1. The number of hydrogen-bond acceptors (Lipinski definition) is 5. The van der Waals surface area contributed by atoms with Gasteiger partial charge in [-0.15, -0.1) is 0 Å². The van der Waals surface area contributed by atoms with Crippen LogP contribution in [0.3, 0.4) is 0 Å². The summed E-state index contributed by atoms with van der Waals surface area (Å²) in [4.78, 5) is 41.4. The van der Waals surface area contributed by atoms with Gasteiger partial charge in [0.15, 0.2) is 5.78 Å². The van der Waals surface area contributed by atoms with Gasteiger partial charge >= 0.3 is 5.97 Å². The van der Waals surface area contributed by atoms with E-state index >= 15 is 0 Å². The highest BCUT2D eigenvalue weighted by molar-refractivity contribution is 6.45. The molecule has 0 aliphatic rings. The maximum atomic E-state index is 12.9. The van der Waals surface area contributed by atoms with Crippen LogP contribution in [0.15, 0.2) is 102 Å². The molecule has 176 valence electrons. The van der Waals surface area contributed by atoms with E-state index in [9.17, 15) is 14.4 Å². The maximum absolute atomic E-state index is 12.9. The Balaban J connectivity index is 1.57. The highest BCUT2D eigenvalue weighted by atomic mass is 16.7. The number of rotatable bonds is 6. The highest BCUT2D eigenvalue weighted by Gasteiger charge is 2.17. The number of carbonyl (C=O) groups excluding carboxylic acids is 3. The lowest BCUT2D eigenvalue weighted by Gasteiger charge is -2.09. The van der Waals surface area contributed by atoms with E-state index in [0.29, 0.717) is 16.7 Å². The van der Waals surface area contributed by atoms with Crippen LogP contribution in [0.2, 0.25) is 0 Å². The summed E-state index contributed by atoms with van der Waals surface area (Å²) in [5.41, 5.74) is 4.59. The molecule has 1 aromatic heterocycles. The first-order chi connectivity index (χ1) is 17.4. The number of para-hydroxylation sites is 1. The van der Waals surface area contributed by atoms with Gasteiger partial charge in [-0.25, -0.2) is 4.79 Å². The number of carbonyl (C=O) groups is 3. The third-order valence-corrected chi connectivity index (χ3v) is 6.00. The molecule has 6 heteroatoms. The number of oxime groups is 1. The predicted octanol–water partition coefficient (Wildman–Crippen LogP) is 6.14. The Bertz CT molecular complexity index is 1660. The van der Waals surface area contributed by atoms with Crippen LogP contribution in [-0.2, 0) is 9.63 Å². The van der Waals surface area contributed by atoms with Crippen molar-refractivity contribution < 1.29 is 19.2 Å². The lowest BCUT2D eigenvalue weighted by atomic mass is 10.0. The first kappa shape index (κ1) is 22.9. The molecule has 0 saturated heterocycles. The van der Waals surface area contributed by atoms with Crippen LogP contribution in [0.25, 0.3) is 27.5 Å². The summed E-state index contributed by atoms with van der Waals surface area (Å²) in [7, 11) is 0. The van der Waals surface area contributed by atoms with Crippen molar-refractivity contribution in [3.63, 3.8) is 0 Å².